The molecule has 0 bridgehead atoms. The van der Waals surface area contributed by atoms with Crippen molar-refractivity contribution in [2.45, 2.75) is 38.1 Å². The summed E-state index contributed by atoms with van der Waals surface area (Å²) in [6.07, 6.45) is 1.34. The van der Waals surface area contributed by atoms with E-state index in [0.717, 1.165) is 0 Å². The van der Waals surface area contributed by atoms with E-state index in [1.54, 1.807) is 13.0 Å². The van der Waals surface area contributed by atoms with Crippen LogP contribution in [0.1, 0.15) is 19.8 Å². The molecule has 4 atom stereocenters. The van der Waals surface area contributed by atoms with E-state index in [9.17, 15) is 10.2 Å². The Morgan fingerprint density at radius 3 is 2.67 bits per heavy atom. The zero-order valence-electron chi connectivity index (χ0n) is 9.09. The molecule has 0 aromatic carbocycles. The van der Waals surface area contributed by atoms with Crippen LogP contribution in [-0.4, -0.2) is 46.8 Å². The van der Waals surface area contributed by atoms with Gasteiger partial charge >= 0.3 is 0 Å². The SMILES string of the molecule is C=C[C@H]1C[C@H](O)[C@](C)(CO)[C@@H](CCO)O1. The lowest BCUT2D eigenvalue weighted by atomic mass is 9.74. The lowest BCUT2D eigenvalue weighted by molar-refractivity contribution is -0.185. The van der Waals surface area contributed by atoms with Crippen LogP contribution in [0.2, 0.25) is 0 Å². The fourth-order valence-corrected chi connectivity index (χ4v) is 2.00. The van der Waals surface area contributed by atoms with Gasteiger partial charge in [0.25, 0.3) is 0 Å². The standard InChI is InChI=1S/C11H20O4/c1-3-8-6-9(14)11(2,7-13)10(15-8)4-5-12/h3,8-10,12-14H,1,4-7H2,2H3/t8-,9-,10+,11-/m0/s1. The van der Waals surface area contributed by atoms with E-state index in [1.807, 2.05) is 0 Å². The third kappa shape index (κ3) is 2.39. The van der Waals surface area contributed by atoms with E-state index in [1.165, 1.54) is 0 Å². The van der Waals surface area contributed by atoms with E-state index in [2.05, 4.69) is 6.58 Å². The molecule has 0 spiro atoms. The van der Waals surface area contributed by atoms with Crippen molar-refractivity contribution < 1.29 is 20.1 Å². The smallest absolute Gasteiger partial charge is 0.0782 e. The highest BCUT2D eigenvalue weighted by Gasteiger charge is 2.46. The minimum absolute atomic E-state index is 0.0170. The Balaban J connectivity index is 2.80. The molecule has 1 aliphatic heterocycles. The molecule has 3 N–H and O–H groups in total. The molecular formula is C11H20O4. The van der Waals surface area contributed by atoms with Crippen molar-refractivity contribution >= 4 is 0 Å². The number of hydrogen-bond acceptors (Lipinski definition) is 4. The third-order valence-electron chi connectivity index (χ3n) is 3.29. The lowest BCUT2D eigenvalue weighted by Crippen LogP contribution is -2.54. The summed E-state index contributed by atoms with van der Waals surface area (Å²) in [7, 11) is 0. The lowest BCUT2D eigenvalue weighted by Gasteiger charge is -2.46. The second-order valence-corrected chi connectivity index (χ2v) is 4.33. The van der Waals surface area contributed by atoms with Crippen LogP contribution in [0, 0.1) is 5.41 Å². The van der Waals surface area contributed by atoms with Crippen LogP contribution in [0.25, 0.3) is 0 Å². The van der Waals surface area contributed by atoms with Gasteiger partial charge in [0.1, 0.15) is 0 Å². The summed E-state index contributed by atoms with van der Waals surface area (Å²) in [6, 6.07) is 0. The maximum absolute atomic E-state index is 9.96. The molecule has 1 saturated heterocycles. The van der Waals surface area contributed by atoms with Gasteiger partial charge < -0.3 is 20.1 Å². The summed E-state index contributed by atoms with van der Waals surface area (Å²) in [5, 5.41) is 28.2. The number of aliphatic hydroxyl groups excluding tert-OH is 3. The maximum Gasteiger partial charge on any atom is 0.0782 e. The van der Waals surface area contributed by atoms with Gasteiger partial charge in [0.2, 0.25) is 0 Å². The zero-order chi connectivity index (χ0) is 11.5. The minimum atomic E-state index is -0.692. The fraction of sp³-hybridized carbons (Fsp3) is 0.818. The highest BCUT2D eigenvalue weighted by atomic mass is 16.5. The Morgan fingerprint density at radius 1 is 1.53 bits per heavy atom. The quantitative estimate of drug-likeness (QED) is 0.582. The summed E-state index contributed by atoms with van der Waals surface area (Å²) >= 11 is 0. The van der Waals surface area contributed by atoms with Crippen LogP contribution in [-0.2, 0) is 4.74 Å². The Labute approximate surface area is 90.2 Å². The van der Waals surface area contributed by atoms with Crippen LogP contribution in [0.4, 0.5) is 0 Å². The van der Waals surface area contributed by atoms with Crippen LogP contribution >= 0.6 is 0 Å². The van der Waals surface area contributed by atoms with Crippen molar-refractivity contribution in [1.82, 2.24) is 0 Å². The topological polar surface area (TPSA) is 69.9 Å². The molecule has 1 fully saturated rings. The van der Waals surface area contributed by atoms with Crippen molar-refractivity contribution in [2.24, 2.45) is 5.41 Å². The highest BCUT2D eigenvalue weighted by molar-refractivity contribution is 4.98. The van der Waals surface area contributed by atoms with Crippen LogP contribution in [0.15, 0.2) is 12.7 Å². The van der Waals surface area contributed by atoms with E-state index < -0.39 is 11.5 Å². The summed E-state index contributed by atoms with van der Waals surface area (Å²) in [4.78, 5) is 0. The van der Waals surface area contributed by atoms with Gasteiger partial charge in [-0.2, -0.15) is 0 Å². The van der Waals surface area contributed by atoms with Crippen molar-refractivity contribution in [1.29, 1.82) is 0 Å². The third-order valence-corrected chi connectivity index (χ3v) is 3.29. The predicted molar refractivity (Wildman–Crippen MR) is 56.4 cm³/mol. The van der Waals surface area contributed by atoms with Crippen LogP contribution in [0.3, 0.4) is 0 Å². The monoisotopic (exact) mass is 216 g/mol. The normalized spacial score (nSPS) is 41.5. The number of hydrogen-bond donors (Lipinski definition) is 3. The Bertz CT molecular complexity index is 219. The van der Waals surface area contributed by atoms with Gasteiger partial charge in [0, 0.05) is 18.4 Å². The first-order chi connectivity index (χ1) is 7.08. The predicted octanol–water partition coefficient (Wildman–Crippen LogP) is 0.0718. The number of aliphatic hydroxyl groups is 3. The van der Waals surface area contributed by atoms with Gasteiger partial charge in [0.15, 0.2) is 0 Å². The van der Waals surface area contributed by atoms with E-state index >= 15 is 0 Å². The first-order valence-corrected chi connectivity index (χ1v) is 5.26. The molecule has 0 aliphatic carbocycles. The molecule has 15 heavy (non-hydrogen) atoms. The summed E-state index contributed by atoms with van der Waals surface area (Å²) in [5.41, 5.74) is -0.692. The molecule has 0 radical (unpaired) electrons. The van der Waals surface area contributed by atoms with Gasteiger partial charge in [-0.1, -0.05) is 13.0 Å². The molecule has 0 aromatic heterocycles. The van der Waals surface area contributed by atoms with Crippen molar-refractivity contribution in [2.75, 3.05) is 13.2 Å². The van der Waals surface area contributed by atoms with Crippen LogP contribution < -0.4 is 0 Å². The number of ether oxygens (including phenoxy) is 1. The Hall–Kier alpha value is -0.420. The second-order valence-electron chi connectivity index (χ2n) is 4.33. The average Bonchev–Trinajstić information content (AvgIpc) is 2.24. The van der Waals surface area contributed by atoms with E-state index in [4.69, 9.17) is 9.84 Å². The van der Waals surface area contributed by atoms with E-state index in [0.29, 0.717) is 12.8 Å². The largest absolute Gasteiger partial charge is 0.396 e. The molecule has 0 saturated carbocycles. The van der Waals surface area contributed by atoms with Crippen molar-refractivity contribution in [3.63, 3.8) is 0 Å². The van der Waals surface area contributed by atoms with Crippen LogP contribution in [0.5, 0.6) is 0 Å². The first-order valence-electron chi connectivity index (χ1n) is 5.26. The molecule has 0 unspecified atom stereocenters. The second kappa shape index (κ2) is 5.07. The zero-order valence-corrected chi connectivity index (χ0v) is 9.09. The summed E-state index contributed by atoms with van der Waals surface area (Å²) < 4.78 is 5.65. The molecular weight excluding hydrogens is 196 g/mol. The summed E-state index contributed by atoms with van der Waals surface area (Å²) in [5.74, 6) is 0. The van der Waals surface area contributed by atoms with E-state index in [-0.39, 0.29) is 25.4 Å². The Morgan fingerprint density at radius 2 is 2.20 bits per heavy atom. The summed E-state index contributed by atoms with van der Waals surface area (Å²) in [6.45, 7) is 5.23. The minimum Gasteiger partial charge on any atom is -0.396 e. The van der Waals surface area contributed by atoms with Crippen molar-refractivity contribution in [3.8, 4) is 0 Å². The molecule has 1 rings (SSSR count). The highest BCUT2D eigenvalue weighted by Crippen LogP contribution is 2.38. The molecule has 4 nitrogen and oxygen atoms in total. The molecule has 0 amide bonds. The molecule has 0 aromatic rings. The Kier molecular flexibility index (Phi) is 4.28. The van der Waals surface area contributed by atoms with Gasteiger partial charge in [-0.15, -0.1) is 6.58 Å². The fourth-order valence-electron chi connectivity index (χ4n) is 2.00. The molecule has 1 heterocycles. The van der Waals surface area contributed by atoms with Gasteiger partial charge in [-0.25, -0.2) is 0 Å². The molecule has 4 heteroatoms. The average molecular weight is 216 g/mol. The van der Waals surface area contributed by atoms with Gasteiger partial charge in [-0.3, -0.25) is 0 Å². The van der Waals surface area contributed by atoms with Gasteiger partial charge in [-0.05, 0) is 6.42 Å². The first kappa shape index (κ1) is 12.6. The maximum atomic E-state index is 9.96. The van der Waals surface area contributed by atoms with Crippen molar-refractivity contribution in [3.05, 3.63) is 12.7 Å². The number of rotatable bonds is 4. The molecule has 1 aliphatic rings. The molecule has 88 valence electrons. The van der Waals surface area contributed by atoms with Gasteiger partial charge in [0.05, 0.1) is 24.9 Å².